The number of rotatable bonds is 3. The standard InChI is InChI=1S/C18H19N7O4S/c1-11-2-3-13(6-14(11)15-7-20-17-16(19)21-10-22-25(15)17)30(27,28)23-4-5-24-12(8-23)9-29-18(24)26/h2-3,6-7,10,12H,4-5,8-9H2,1H3,(H2,19,21,22)/t12-/m1/s1. The molecular formula is C18H19N7O4S. The van der Waals surface area contributed by atoms with Crippen molar-refractivity contribution < 1.29 is 17.9 Å². The Balaban J connectivity index is 1.53. The summed E-state index contributed by atoms with van der Waals surface area (Å²) in [5, 5.41) is 4.20. The van der Waals surface area contributed by atoms with Gasteiger partial charge in [-0.15, -0.1) is 0 Å². The molecule has 0 aliphatic carbocycles. The lowest BCUT2D eigenvalue weighted by Gasteiger charge is -2.34. The highest BCUT2D eigenvalue weighted by molar-refractivity contribution is 7.89. The number of ether oxygens (including phenoxy) is 1. The Kier molecular flexibility index (Phi) is 4.15. The van der Waals surface area contributed by atoms with Gasteiger partial charge >= 0.3 is 6.09 Å². The van der Waals surface area contributed by atoms with Gasteiger partial charge < -0.3 is 10.5 Å². The second-order valence-electron chi connectivity index (χ2n) is 7.29. The number of nitrogens with two attached hydrogens (primary N) is 1. The molecule has 30 heavy (non-hydrogen) atoms. The van der Waals surface area contributed by atoms with Crippen molar-refractivity contribution >= 4 is 27.6 Å². The maximum atomic E-state index is 13.3. The molecule has 1 aromatic carbocycles. The number of sulfonamides is 1. The van der Waals surface area contributed by atoms with Crippen LogP contribution in [0, 0.1) is 6.92 Å². The van der Waals surface area contributed by atoms with Crippen LogP contribution in [0.5, 0.6) is 0 Å². The first kappa shape index (κ1) is 18.8. The number of nitrogens with zero attached hydrogens (tertiary/aromatic N) is 6. The molecule has 3 aromatic rings. The van der Waals surface area contributed by atoms with Crippen LogP contribution in [-0.2, 0) is 14.8 Å². The number of anilines is 1. The molecule has 11 nitrogen and oxygen atoms in total. The quantitative estimate of drug-likeness (QED) is 0.636. The van der Waals surface area contributed by atoms with E-state index >= 15 is 0 Å². The zero-order valence-electron chi connectivity index (χ0n) is 16.1. The number of hydrogen-bond acceptors (Lipinski definition) is 8. The fourth-order valence-corrected chi connectivity index (χ4v) is 5.38. The Bertz CT molecular complexity index is 1270. The summed E-state index contributed by atoms with van der Waals surface area (Å²) in [6.07, 6.45) is 2.54. The topological polar surface area (TPSA) is 136 Å². The van der Waals surface area contributed by atoms with Crippen molar-refractivity contribution in [3.05, 3.63) is 36.3 Å². The molecule has 1 amide bonds. The summed E-state index contributed by atoms with van der Waals surface area (Å²) < 4.78 is 34.6. The monoisotopic (exact) mass is 429 g/mol. The molecule has 0 radical (unpaired) electrons. The summed E-state index contributed by atoms with van der Waals surface area (Å²) in [6.45, 7) is 2.82. The van der Waals surface area contributed by atoms with E-state index in [1.54, 1.807) is 33.8 Å². The lowest BCUT2D eigenvalue weighted by atomic mass is 10.1. The SMILES string of the molecule is Cc1ccc(S(=O)(=O)N2CCN3C(=O)OC[C@H]3C2)cc1-c1cnc2c(N)ncnn12. The molecule has 1 atom stereocenters. The number of nitrogen functional groups attached to an aromatic ring is 1. The fraction of sp³-hybridized carbons (Fsp3) is 0.333. The third-order valence-corrected chi connectivity index (χ3v) is 7.39. The number of carbonyl (C=O) groups excluding carboxylic acids is 1. The number of cyclic esters (lactones) is 1. The average Bonchev–Trinajstić information content (AvgIpc) is 3.33. The summed E-state index contributed by atoms with van der Waals surface area (Å²) >= 11 is 0. The third kappa shape index (κ3) is 2.79. The van der Waals surface area contributed by atoms with Crippen LogP contribution in [0.3, 0.4) is 0 Å². The van der Waals surface area contributed by atoms with E-state index in [1.165, 1.54) is 10.6 Å². The predicted octanol–water partition coefficient (Wildman–Crippen LogP) is 0.507. The Hall–Kier alpha value is -3.25. The largest absolute Gasteiger partial charge is 0.447 e. The van der Waals surface area contributed by atoms with Crippen molar-refractivity contribution in [2.24, 2.45) is 0 Å². The number of imidazole rings is 1. The number of piperazine rings is 1. The summed E-state index contributed by atoms with van der Waals surface area (Å²) in [5.74, 6) is 0.240. The normalized spacial score (nSPS) is 19.8. The van der Waals surface area contributed by atoms with Crippen molar-refractivity contribution in [1.29, 1.82) is 0 Å². The van der Waals surface area contributed by atoms with Crippen LogP contribution < -0.4 is 5.73 Å². The molecule has 0 saturated carbocycles. The van der Waals surface area contributed by atoms with Crippen LogP contribution in [0.4, 0.5) is 10.6 Å². The first-order chi connectivity index (χ1) is 14.4. The zero-order valence-corrected chi connectivity index (χ0v) is 16.9. The molecule has 0 bridgehead atoms. The molecule has 0 unspecified atom stereocenters. The minimum absolute atomic E-state index is 0.166. The summed E-state index contributed by atoms with van der Waals surface area (Å²) in [7, 11) is -3.76. The van der Waals surface area contributed by atoms with Crippen LogP contribution in [-0.4, -0.2) is 75.6 Å². The second-order valence-corrected chi connectivity index (χ2v) is 9.23. The van der Waals surface area contributed by atoms with Gasteiger partial charge in [-0.1, -0.05) is 6.07 Å². The van der Waals surface area contributed by atoms with E-state index in [-0.39, 0.29) is 42.5 Å². The van der Waals surface area contributed by atoms with Crippen molar-refractivity contribution in [2.75, 3.05) is 32.0 Å². The van der Waals surface area contributed by atoms with Crippen molar-refractivity contribution in [3.8, 4) is 11.3 Å². The van der Waals surface area contributed by atoms with Gasteiger partial charge in [0.15, 0.2) is 11.5 Å². The van der Waals surface area contributed by atoms with E-state index in [4.69, 9.17) is 10.5 Å². The molecule has 4 heterocycles. The highest BCUT2D eigenvalue weighted by atomic mass is 32.2. The van der Waals surface area contributed by atoms with Crippen molar-refractivity contribution in [3.63, 3.8) is 0 Å². The van der Waals surface area contributed by atoms with Crippen LogP contribution in [0.25, 0.3) is 16.9 Å². The third-order valence-electron chi connectivity index (χ3n) is 5.53. The molecule has 2 aliphatic rings. The van der Waals surface area contributed by atoms with Crippen LogP contribution in [0.1, 0.15) is 5.56 Å². The summed E-state index contributed by atoms with van der Waals surface area (Å²) in [4.78, 5) is 21.6. The fourth-order valence-electron chi connectivity index (χ4n) is 3.88. The maximum Gasteiger partial charge on any atom is 0.410 e. The van der Waals surface area contributed by atoms with Crippen LogP contribution >= 0.6 is 0 Å². The Labute approximate surface area is 172 Å². The zero-order chi connectivity index (χ0) is 21.0. The van der Waals surface area contributed by atoms with Crippen LogP contribution in [0.2, 0.25) is 0 Å². The van der Waals surface area contributed by atoms with Gasteiger partial charge in [-0.3, -0.25) is 4.90 Å². The van der Waals surface area contributed by atoms with Gasteiger partial charge in [0.25, 0.3) is 0 Å². The van der Waals surface area contributed by atoms with E-state index in [9.17, 15) is 13.2 Å². The molecular weight excluding hydrogens is 410 g/mol. The van der Waals surface area contributed by atoms with Gasteiger partial charge in [-0.25, -0.2) is 27.7 Å². The number of benzene rings is 1. The first-order valence-electron chi connectivity index (χ1n) is 9.35. The lowest BCUT2D eigenvalue weighted by molar-refractivity contribution is 0.147. The van der Waals surface area contributed by atoms with Gasteiger partial charge in [0.2, 0.25) is 10.0 Å². The van der Waals surface area contributed by atoms with E-state index in [2.05, 4.69) is 15.1 Å². The number of amides is 1. The Morgan fingerprint density at radius 3 is 2.90 bits per heavy atom. The van der Waals surface area contributed by atoms with E-state index in [0.717, 1.165) is 5.56 Å². The highest BCUT2D eigenvalue weighted by Gasteiger charge is 2.41. The van der Waals surface area contributed by atoms with Gasteiger partial charge in [-0.2, -0.15) is 9.40 Å². The van der Waals surface area contributed by atoms with E-state index < -0.39 is 10.0 Å². The Morgan fingerprint density at radius 2 is 2.07 bits per heavy atom. The molecule has 156 valence electrons. The van der Waals surface area contributed by atoms with Gasteiger partial charge in [0.1, 0.15) is 12.9 Å². The molecule has 2 fully saturated rings. The minimum atomic E-state index is -3.76. The number of aromatic nitrogens is 4. The maximum absolute atomic E-state index is 13.3. The molecule has 5 rings (SSSR count). The number of fused-ring (bicyclic) bond motifs is 2. The minimum Gasteiger partial charge on any atom is -0.447 e. The molecule has 12 heteroatoms. The van der Waals surface area contributed by atoms with E-state index in [0.29, 0.717) is 23.4 Å². The van der Waals surface area contributed by atoms with Crippen molar-refractivity contribution in [1.82, 2.24) is 28.8 Å². The first-order valence-corrected chi connectivity index (χ1v) is 10.8. The molecule has 2 aromatic heterocycles. The number of hydrogen-bond donors (Lipinski definition) is 1. The van der Waals surface area contributed by atoms with Gasteiger partial charge in [0, 0.05) is 25.2 Å². The van der Waals surface area contributed by atoms with Gasteiger partial charge in [-0.05, 0) is 24.6 Å². The average molecular weight is 429 g/mol. The molecule has 2 aliphatic heterocycles. The van der Waals surface area contributed by atoms with Crippen LogP contribution in [0.15, 0.2) is 35.6 Å². The smallest absolute Gasteiger partial charge is 0.410 e. The predicted molar refractivity (Wildman–Crippen MR) is 106 cm³/mol. The second kappa shape index (κ2) is 6.64. The lowest BCUT2D eigenvalue weighted by Crippen LogP contribution is -2.53. The number of carbonyl (C=O) groups is 1. The molecule has 2 saturated heterocycles. The summed E-state index contributed by atoms with van der Waals surface area (Å²) in [5.41, 5.74) is 8.43. The van der Waals surface area contributed by atoms with Crippen molar-refractivity contribution in [2.45, 2.75) is 17.9 Å². The molecule has 2 N–H and O–H groups in total. The Morgan fingerprint density at radius 1 is 1.23 bits per heavy atom. The molecule has 0 spiro atoms. The van der Waals surface area contributed by atoms with Gasteiger partial charge in [0.05, 0.1) is 22.8 Å². The summed E-state index contributed by atoms with van der Waals surface area (Å²) in [6, 6.07) is 4.70. The van der Waals surface area contributed by atoms with E-state index in [1.807, 2.05) is 6.92 Å². The number of aryl methyl sites for hydroxylation is 1. The highest BCUT2D eigenvalue weighted by Crippen LogP contribution is 2.30.